The third-order valence-electron chi connectivity index (χ3n) is 3.36. The Morgan fingerprint density at radius 3 is 2.80 bits per heavy atom. The molecule has 0 bridgehead atoms. The summed E-state index contributed by atoms with van der Waals surface area (Å²) in [6.45, 7) is 1.68. The number of aromatic nitrogens is 1. The summed E-state index contributed by atoms with van der Waals surface area (Å²) in [6, 6.07) is 10.5. The minimum Gasteiger partial charge on any atom is -0.350 e. The van der Waals surface area contributed by atoms with E-state index >= 15 is 0 Å². The van der Waals surface area contributed by atoms with E-state index in [1.54, 1.807) is 6.92 Å². The van der Waals surface area contributed by atoms with Gasteiger partial charge in [-0.2, -0.15) is 5.10 Å². The fourth-order valence-electron chi connectivity index (χ4n) is 2.04. The van der Waals surface area contributed by atoms with Crippen LogP contribution in [0.1, 0.15) is 12.5 Å². The molecule has 0 aliphatic rings. The maximum Gasteiger partial charge on any atom is 0.262 e. The summed E-state index contributed by atoms with van der Waals surface area (Å²) in [5.74, 6) is -2.28. The molecular weight excluding hydrogens is 346 g/mol. The van der Waals surface area contributed by atoms with Gasteiger partial charge in [0, 0.05) is 0 Å². The minimum atomic E-state index is -0.971. The van der Waals surface area contributed by atoms with Crippen molar-refractivity contribution in [3.63, 3.8) is 0 Å². The van der Waals surface area contributed by atoms with E-state index in [0.717, 1.165) is 22.3 Å². The SMILES string of the molecule is C[C@H](Nc1nc2ccccc2s1)C(=O)N/N=C\c1ccc(F)c(F)c1. The summed E-state index contributed by atoms with van der Waals surface area (Å²) in [5, 5.41) is 7.39. The number of carbonyl (C=O) groups is 1. The average Bonchev–Trinajstić information content (AvgIpc) is 3.00. The molecule has 25 heavy (non-hydrogen) atoms. The van der Waals surface area contributed by atoms with Crippen LogP contribution in [-0.4, -0.2) is 23.1 Å². The molecule has 0 spiro atoms. The molecule has 3 aromatic rings. The van der Waals surface area contributed by atoms with E-state index in [9.17, 15) is 13.6 Å². The third kappa shape index (κ3) is 4.16. The number of thiazole rings is 1. The van der Waals surface area contributed by atoms with Gasteiger partial charge in [0.15, 0.2) is 16.8 Å². The Bertz CT molecular complexity index is 908. The van der Waals surface area contributed by atoms with Gasteiger partial charge in [0.2, 0.25) is 0 Å². The minimum absolute atomic E-state index is 0.339. The highest BCUT2D eigenvalue weighted by Crippen LogP contribution is 2.25. The van der Waals surface area contributed by atoms with Crippen molar-refractivity contribution < 1.29 is 13.6 Å². The van der Waals surface area contributed by atoms with Gasteiger partial charge in [-0.1, -0.05) is 29.5 Å². The smallest absolute Gasteiger partial charge is 0.262 e. The number of rotatable bonds is 5. The van der Waals surface area contributed by atoms with Crippen molar-refractivity contribution in [3.05, 3.63) is 59.7 Å². The largest absolute Gasteiger partial charge is 0.350 e. The molecule has 2 N–H and O–H groups in total. The second-order valence-electron chi connectivity index (χ2n) is 5.26. The van der Waals surface area contributed by atoms with Crippen LogP contribution in [-0.2, 0) is 4.79 Å². The highest BCUT2D eigenvalue weighted by molar-refractivity contribution is 7.22. The molecule has 8 heteroatoms. The number of fused-ring (bicyclic) bond motifs is 1. The van der Waals surface area contributed by atoms with Crippen molar-refractivity contribution in [2.45, 2.75) is 13.0 Å². The van der Waals surface area contributed by atoms with E-state index in [4.69, 9.17) is 0 Å². The van der Waals surface area contributed by atoms with Crippen molar-refractivity contribution in [1.82, 2.24) is 10.4 Å². The Morgan fingerprint density at radius 1 is 1.24 bits per heavy atom. The first-order valence-corrected chi connectivity index (χ1v) is 8.24. The molecule has 1 heterocycles. The Balaban J connectivity index is 1.58. The highest BCUT2D eigenvalue weighted by Gasteiger charge is 2.14. The maximum atomic E-state index is 13.1. The van der Waals surface area contributed by atoms with Gasteiger partial charge in [-0.25, -0.2) is 19.2 Å². The van der Waals surface area contributed by atoms with Crippen LogP contribution in [0, 0.1) is 11.6 Å². The molecule has 2 aromatic carbocycles. The van der Waals surface area contributed by atoms with Gasteiger partial charge in [-0.3, -0.25) is 4.79 Å². The van der Waals surface area contributed by atoms with Crippen LogP contribution in [0.2, 0.25) is 0 Å². The zero-order valence-electron chi connectivity index (χ0n) is 13.2. The van der Waals surface area contributed by atoms with E-state index in [2.05, 4.69) is 20.8 Å². The van der Waals surface area contributed by atoms with E-state index < -0.39 is 17.7 Å². The van der Waals surface area contributed by atoms with Crippen molar-refractivity contribution in [1.29, 1.82) is 0 Å². The van der Waals surface area contributed by atoms with Crippen LogP contribution in [0.25, 0.3) is 10.2 Å². The van der Waals surface area contributed by atoms with Crippen molar-refractivity contribution in [2.75, 3.05) is 5.32 Å². The number of halogens is 2. The molecule has 5 nitrogen and oxygen atoms in total. The number of para-hydroxylation sites is 1. The Kier molecular flexibility index (Phi) is 4.99. The molecule has 0 aliphatic heterocycles. The van der Waals surface area contributed by atoms with Gasteiger partial charge in [0.25, 0.3) is 5.91 Å². The first kappa shape index (κ1) is 17.0. The van der Waals surface area contributed by atoms with Gasteiger partial charge in [-0.15, -0.1) is 0 Å². The van der Waals surface area contributed by atoms with Gasteiger partial charge in [0.1, 0.15) is 6.04 Å². The molecule has 3 rings (SSSR count). The molecule has 0 saturated heterocycles. The predicted molar refractivity (Wildman–Crippen MR) is 94.8 cm³/mol. The number of anilines is 1. The molecule has 0 radical (unpaired) electrons. The number of amides is 1. The normalized spacial score (nSPS) is 12.4. The van der Waals surface area contributed by atoms with E-state index in [1.165, 1.54) is 23.6 Å². The summed E-state index contributed by atoms with van der Waals surface area (Å²) < 4.78 is 26.9. The summed E-state index contributed by atoms with van der Waals surface area (Å²) in [6.07, 6.45) is 1.24. The lowest BCUT2D eigenvalue weighted by atomic mass is 10.2. The Hall–Kier alpha value is -2.87. The standard InChI is InChI=1S/C17H14F2N4OS/c1-10(21-17-22-14-4-2-3-5-15(14)25-17)16(24)23-20-9-11-6-7-12(18)13(19)8-11/h2-10H,1H3,(H,21,22)(H,23,24)/b20-9-/t10-/m0/s1. The lowest BCUT2D eigenvalue weighted by Gasteiger charge is -2.10. The van der Waals surface area contributed by atoms with Crippen molar-refractivity contribution in [2.24, 2.45) is 5.10 Å². The second kappa shape index (κ2) is 7.35. The topological polar surface area (TPSA) is 66.4 Å². The monoisotopic (exact) mass is 360 g/mol. The highest BCUT2D eigenvalue weighted by atomic mass is 32.1. The average molecular weight is 360 g/mol. The Labute approximate surface area is 146 Å². The summed E-state index contributed by atoms with van der Waals surface area (Å²) in [5.41, 5.74) is 3.55. The number of hydrogen-bond donors (Lipinski definition) is 2. The fraction of sp³-hybridized carbons (Fsp3) is 0.118. The third-order valence-corrected chi connectivity index (χ3v) is 4.33. The molecule has 1 amide bonds. The number of nitrogens with zero attached hydrogens (tertiary/aromatic N) is 2. The van der Waals surface area contributed by atoms with Crippen LogP contribution in [0.4, 0.5) is 13.9 Å². The molecule has 128 valence electrons. The molecule has 0 aliphatic carbocycles. The van der Waals surface area contributed by atoms with Crippen LogP contribution in [0.15, 0.2) is 47.6 Å². The number of hydrazone groups is 1. The lowest BCUT2D eigenvalue weighted by molar-refractivity contribution is -0.121. The quantitative estimate of drug-likeness (QED) is 0.540. The van der Waals surface area contributed by atoms with E-state index in [0.29, 0.717) is 10.7 Å². The zero-order chi connectivity index (χ0) is 17.8. The number of benzene rings is 2. The number of carbonyl (C=O) groups excluding carboxylic acids is 1. The maximum absolute atomic E-state index is 13.1. The van der Waals surface area contributed by atoms with Crippen molar-refractivity contribution >= 4 is 38.8 Å². The molecule has 1 aromatic heterocycles. The van der Waals surface area contributed by atoms with Gasteiger partial charge < -0.3 is 5.32 Å². The molecule has 0 unspecified atom stereocenters. The van der Waals surface area contributed by atoms with Gasteiger partial charge >= 0.3 is 0 Å². The molecule has 0 saturated carbocycles. The van der Waals surface area contributed by atoms with Crippen LogP contribution >= 0.6 is 11.3 Å². The van der Waals surface area contributed by atoms with Crippen molar-refractivity contribution in [3.8, 4) is 0 Å². The van der Waals surface area contributed by atoms with Crippen LogP contribution < -0.4 is 10.7 Å². The predicted octanol–water partition coefficient (Wildman–Crippen LogP) is 3.53. The van der Waals surface area contributed by atoms with E-state index in [-0.39, 0.29) is 5.91 Å². The number of nitrogens with one attached hydrogen (secondary N) is 2. The summed E-state index contributed by atoms with van der Waals surface area (Å²) in [4.78, 5) is 16.4. The zero-order valence-corrected chi connectivity index (χ0v) is 14.0. The van der Waals surface area contributed by atoms with Gasteiger partial charge in [0.05, 0.1) is 16.4 Å². The first-order chi connectivity index (χ1) is 12.0. The van der Waals surface area contributed by atoms with Gasteiger partial charge in [-0.05, 0) is 36.8 Å². The lowest BCUT2D eigenvalue weighted by Crippen LogP contribution is -2.34. The molecule has 0 fully saturated rings. The van der Waals surface area contributed by atoms with Crippen LogP contribution in [0.5, 0.6) is 0 Å². The summed E-state index contributed by atoms with van der Waals surface area (Å²) in [7, 11) is 0. The van der Waals surface area contributed by atoms with Crippen LogP contribution in [0.3, 0.4) is 0 Å². The number of hydrogen-bond acceptors (Lipinski definition) is 5. The second-order valence-corrected chi connectivity index (χ2v) is 6.29. The first-order valence-electron chi connectivity index (χ1n) is 7.43. The molecule has 1 atom stereocenters. The molecular formula is C17H14F2N4OS. The summed E-state index contributed by atoms with van der Waals surface area (Å²) >= 11 is 1.45. The Morgan fingerprint density at radius 2 is 2.04 bits per heavy atom. The van der Waals surface area contributed by atoms with E-state index in [1.807, 2.05) is 24.3 Å². The fourth-order valence-corrected chi connectivity index (χ4v) is 3.00.